The van der Waals surface area contributed by atoms with E-state index in [2.05, 4.69) is 15.0 Å². The molecular formula is C7H6F2N4. The number of rotatable bonds is 3. The van der Waals surface area contributed by atoms with E-state index in [4.69, 9.17) is 5.53 Å². The highest BCUT2D eigenvalue weighted by Gasteiger charge is 2.21. The van der Waals surface area contributed by atoms with Gasteiger partial charge in [0.2, 0.25) is 0 Å². The lowest BCUT2D eigenvalue weighted by Gasteiger charge is -2.07. The van der Waals surface area contributed by atoms with Gasteiger partial charge in [-0.2, -0.15) is 0 Å². The predicted octanol–water partition coefficient (Wildman–Crippen LogP) is 2.70. The van der Waals surface area contributed by atoms with Crippen molar-refractivity contribution in [2.75, 3.05) is 0 Å². The molecule has 13 heavy (non-hydrogen) atoms. The van der Waals surface area contributed by atoms with Crippen LogP contribution < -0.4 is 0 Å². The maximum absolute atomic E-state index is 12.3. The highest BCUT2D eigenvalue weighted by atomic mass is 19.3. The van der Waals surface area contributed by atoms with Gasteiger partial charge in [-0.15, -0.1) is 0 Å². The van der Waals surface area contributed by atoms with Crippen LogP contribution in [0.3, 0.4) is 0 Å². The summed E-state index contributed by atoms with van der Waals surface area (Å²) in [5.74, 6) is 0. The van der Waals surface area contributed by atoms with E-state index in [0.29, 0.717) is 0 Å². The van der Waals surface area contributed by atoms with Crippen LogP contribution in [0.4, 0.5) is 8.78 Å². The summed E-state index contributed by atoms with van der Waals surface area (Å²) in [6.07, 6.45) is -1.36. The number of nitrogens with zero attached hydrogens (tertiary/aromatic N) is 4. The van der Waals surface area contributed by atoms with Crippen molar-refractivity contribution in [3.63, 3.8) is 0 Å². The molecule has 0 radical (unpaired) electrons. The fourth-order valence-corrected chi connectivity index (χ4v) is 0.845. The number of pyridine rings is 1. The minimum absolute atomic E-state index is 0.0790. The van der Waals surface area contributed by atoms with E-state index in [-0.39, 0.29) is 5.69 Å². The quantitative estimate of drug-likeness (QED) is 0.404. The van der Waals surface area contributed by atoms with E-state index in [1.54, 1.807) is 12.1 Å². The normalized spacial score (nSPS) is 12.2. The first-order chi connectivity index (χ1) is 6.25. The molecule has 0 saturated heterocycles. The number of halogens is 2. The van der Waals surface area contributed by atoms with Gasteiger partial charge in [0.1, 0.15) is 6.04 Å². The Morgan fingerprint density at radius 2 is 2.23 bits per heavy atom. The smallest absolute Gasteiger partial charge is 0.252 e. The maximum atomic E-state index is 12.3. The molecule has 1 unspecified atom stereocenters. The Hall–Kier alpha value is -1.68. The Balaban J connectivity index is 2.95. The molecule has 0 aliphatic heterocycles. The molecule has 1 heterocycles. The zero-order valence-electron chi connectivity index (χ0n) is 6.51. The first kappa shape index (κ1) is 9.41. The van der Waals surface area contributed by atoms with Gasteiger partial charge in [0.25, 0.3) is 6.43 Å². The van der Waals surface area contributed by atoms with Gasteiger partial charge in [0.05, 0.1) is 5.69 Å². The summed E-state index contributed by atoms with van der Waals surface area (Å²) in [4.78, 5) is 6.01. The Labute approximate surface area is 72.8 Å². The molecule has 0 N–H and O–H groups in total. The molecule has 0 aliphatic carbocycles. The Kier molecular flexibility index (Phi) is 3.16. The van der Waals surface area contributed by atoms with Crippen LogP contribution in [0.1, 0.15) is 11.7 Å². The van der Waals surface area contributed by atoms with Crippen LogP contribution in [-0.2, 0) is 0 Å². The molecule has 0 bridgehead atoms. The maximum Gasteiger partial charge on any atom is 0.252 e. The molecule has 1 aromatic heterocycles. The number of hydrogen-bond acceptors (Lipinski definition) is 2. The second kappa shape index (κ2) is 4.37. The average molecular weight is 184 g/mol. The van der Waals surface area contributed by atoms with E-state index in [1.807, 2.05) is 0 Å². The van der Waals surface area contributed by atoms with E-state index in [0.717, 1.165) is 0 Å². The first-order valence-corrected chi connectivity index (χ1v) is 3.49. The van der Waals surface area contributed by atoms with E-state index in [9.17, 15) is 8.78 Å². The van der Waals surface area contributed by atoms with Crippen molar-refractivity contribution < 1.29 is 8.78 Å². The molecule has 0 saturated carbocycles. The molecule has 0 spiro atoms. The molecule has 0 amide bonds. The monoisotopic (exact) mass is 184 g/mol. The number of aromatic nitrogens is 1. The van der Waals surface area contributed by atoms with Crippen molar-refractivity contribution >= 4 is 0 Å². The van der Waals surface area contributed by atoms with Crippen molar-refractivity contribution in [3.8, 4) is 0 Å². The molecule has 68 valence electrons. The third-order valence-electron chi connectivity index (χ3n) is 1.41. The lowest BCUT2D eigenvalue weighted by Crippen LogP contribution is -2.07. The number of alkyl halides is 2. The van der Waals surface area contributed by atoms with Crippen molar-refractivity contribution in [1.82, 2.24) is 4.98 Å². The lowest BCUT2D eigenvalue weighted by atomic mass is 10.2. The van der Waals surface area contributed by atoms with Crippen molar-refractivity contribution in [2.45, 2.75) is 12.5 Å². The Morgan fingerprint density at radius 1 is 1.46 bits per heavy atom. The van der Waals surface area contributed by atoms with Gasteiger partial charge in [-0.05, 0) is 17.7 Å². The third kappa shape index (κ3) is 2.38. The zero-order chi connectivity index (χ0) is 9.68. The molecule has 0 aromatic carbocycles. The van der Waals surface area contributed by atoms with Crippen LogP contribution in [0.2, 0.25) is 0 Å². The predicted molar refractivity (Wildman–Crippen MR) is 42.1 cm³/mol. The summed E-state index contributed by atoms with van der Waals surface area (Å²) in [6, 6.07) is 3.06. The summed E-state index contributed by atoms with van der Waals surface area (Å²) < 4.78 is 24.5. The second-order valence-electron chi connectivity index (χ2n) is 2.24. The summed E-state index contributed by atoms with van der Waals surface area (Å²) in [6.45, 7) is 0. The van der Waals surface area contributed by atoms with Gasteiger partial charge in [-0.1, -0.05) is 11.2 Å². The minimum atomic E-state index is -2.73. The van der Waals surface area contributed by atoms with E-state index >= 15 is 0 Å². The molecule has 0 fully saturated rings. The fourth-order valence-electron chi connectivity index (χ4n) is 0.845. The molecule has 4 nitrogen and oxygen atoms in total. The van der Waals surface area contributed by atoms with Crippen molar-refractivity contribution in [1.29, 1.82) is 0 Å². The fraction of sp³-hybridized carbons (Fsp3) is 0.286. The number of azide groups is 1. The highest BCUT2D eigenvalue weighted by Crippen LogP contribution is 2.22. The largest absolute Gasteiger partial charge is 0.261 e. The van der Waals surface area contributed by atoms with Gasteiger partial charge in [-0.25, -0.2) is 8.78 Å². The van der Waals surface area contributed by atoms with Gasteiger partial charge < -0.3 is 0 Å². The lowest BCUT2D eigenvalue weighted by molar-refractivity contribution is 0.115. The zero-order valence-corrected chi connectivity index (χ0v) is 6.51. The van der Waals surface area contributed by atoms with Crippen LogP contribution in [0, 0.1) is 0 Å². The molecule has 1 atom stereocenters. The van der Waals surface area contributed by atoms with Crippen LogP contribution in [0.15, 0.2) is 29.5 Å². The molecular weight excluding hydrogens is 178 g/mol. The van der Waals surface area contributed by atoms with Gasteiger partial charge in [0, 0.05) is 11.1 Å². The molecule has 1 rings (SSSR count). The van der Waals surface area contributed by atoms with E-state index < -0.39 is 12.5 Å². The van der Waals surface area contributed by atoms with Crippen LogP contribution in [0.25, 0.3) is 10.4 Å². The van der Waals surface area contributed by atoms with Gasteiger partial charge in [-0.3, -0.25) is 4.98 Å². The van der Waals surface area contributed by atoms with Crippen molar-refractivity contribution in [2.24, 2.45) is 5.11 Å². The summed E-state index contributed by atoms with van der Waals surface area (Å²) >= 11 is 0. The Bertz CT molecular complexity index is 308. The Morgan fingerprint density at radius 3 is 2.69 bits per heavy atom. The SMILES string of the molecule is [N-]=[N+]=NC(c1ccccn1)C(F)F. The third-order valence-corrected chi connectivity index (χ3v) is 1.41. The average Bonchev–Trinajstić information content (AvgIpc) is 2.15. The summed E-state index contributed by atoms with van der Waals surface area (Å²) in [5.41, 5.74) is 8.12. The van der Waals surface area contributed by atoms with Gasteiger partial charge >= 0.3 is 0 Å². The van der Waals surface area contributed by atoms with Crippen LogP contribution >= 0.6 is 0 Å². The van der Waals surface area contributed by atoms with Crippen LogP contribution in [-0.4, -0.2) is 11.4 Å². The highest BCUT2D eigenvalue weighted by molar-refractivity contribution is 5.09. The summed E-state index contributed by atoms with van der Waals surface area (Å²) in [7, 11) is 0. The first-order valence-electron chi connectivity index (χ1n) is 3.49. The summed E-state index contributed by atoms with van der Waals surface area (Å²) in [5, 5.41) is 2.96. The van der Waals surface area contributed by atoms with E-state index in [1.165, 1.54) is 12.3 Å². The number of hydrogen-bond donors (Lipinski definition) is 0. The molecule has 1 aromatic rings. The standard InChI is InChI=1S/C7H6F2N4/c8-7(9)6(12-13-10)5-3-1-2-4-11-5/h1-4,6-7H. The second-order valence-corrected chi connectivity index (χ2v) is 2.24. The van der Waals surface area contributed by atoms with Crippen molar-refractivity contribution in [3.05, 3.63) is 40.5 Å². The molecule has 6 heteroatoms. The molecule has 0 aliphatic rings. The minimum Gasteiger partial charge on any atom is -0.261 e. The van der Waals surface area contributed by atoms with Crippen LogP contribution in [0.5, 0.6) is 0 Å². The topological polar surface area (TPSA) is 61.7 Å². The van der Waals surface area contributed by atoms with Gasteiger partial charge in [0.15, 0.2) is 0 Å².